The summed E-state index contributed by atoms with van der Waals surface area (Å²) in [7, 11) is 0. The lowest BCUT2D eigenvalue weighted by Crippen LogP contribution is -2.59. The van der Waals surface area contributed by atoms with Gasteiger partial charge in [-0.25, -0.2) is 0 Å². The highest BCUT2D eigenvalue weighted by Crippen LogP contribution is 2.70. The van der Waals surface area contributed by atoms with Gasteiger partial charge in [-0.05, 0) is 106 Å². The predicted molar refractivity (Wildman–Crippen MR) is 104 cm³/mol. The number of alkyl halides is 1. The van der Waals surface area contributed by atoms with Crippen molar-refractivity contribution in [3.63, 3.8) is 0 Å². The molecule has 0 heterocycles. The van der Waals surface area contributed by atoms with E-state index in [0.29, 0.717) is 10.2 Å². The van der Waals surface area contributed by atoms with Gasteiger partial charge in [-0.15, -0.1) is 0 Å². The summed E-state index contributed by atoms with van der Waals surface area (Å²) in [6.45, 7) is 2.56. The van der Waals surface area contributed by atoms with E-state index in [1.165, 1.54) is 51.4 Å². The van der Waals surface area contributed by atoms with E-state index >= 15 is 0 Å². The lowest BCUT2D eigenvalue weighted by molar-refractivity contribution is -0.166. The first-order valence-corrected chi connectivity index (χ1v) is 11.9. The maximum absolute atomic E-state index is 11.3. The molecule has 2 N–H and O–H groups in total. The van der Waals surface area contributed by atoms with Crippen molar-refractivity contribution < 1.29 is 10.2 Å². The van der Waals surface area contributed by atoms with Crippen LogP contribution in [0.5, 0.6) is 0 Å². The Labute approximate surface area is 161 Å². The summed E-state index contributed by atoms with van der Waals surface area (Å²) in [5, 5.41) is 21.5. The number of aliphatic hydroxyl groups is 2. The highest BCUT2D eigenvalue weighted by molar-refractivity contribution is 9.09. The van der Waals surface area contributed by atoms with E-state index in [0.717, 1.165) is 48.9 Å². The molecule has 0 aliphatic heterocycles. The lowest BCUT2D eigenvalue weighted by atomic mass is 9.43. The van der Waals surface area contributed by atoms with Crippen LogP contribution in [-0.4, -0.2) is 27.2 Å². The van der Waals surface area contributed by atoms with Crippen LogP contribution in [0.4, 0.5) is 0 Å². The molecule has 5 fully saturated rings. The Bertz CT molecular complexity index is 538. The van der Waals surface area contributed by atoms with Crippen LogP contribution in [0.3, 0.4) is 0 Å². The maximum atomic E-state index is 11.3. The first-order valence-electron chi connectivity index (χ1n) is 11.0. The molecule has 0 aromatic heterocycles. The van der Waals surface area contributed by atoms with Crippen LogP contribution in [0.1, 0.15) is 77.6 Å². The molecule has 5 rings (SSSR count). The van der Waals surface area contributed by atoms with Gasteiger partial charge in [0.1, 0.15) is 0 Å². The average Bonchev–Trinajstić information content (AvgIpc) is 2.99. The molecule has 1 spiro atoms. The van der Waals surface area contributed by atoms with Crippen LogP contribution in [0.2, 0.25) is 0 Å². The third-order valence-corrected chi connectivity index (χ3v) is 11.0. The summed E-state index contributed by atoms with van der Waals surface area (Å²) in [5.41, 5.74) is 0.681. The molecular weight excluding hydrogens is 376 g/mol. The third-order valence-electron chi connectivity index (χ3n) is 10.1. The Morgan fingerprint density at radius 3 is 2.40 bits per heavy atom. The van der Waals surface area contributed by atoms with Crippen molar-refractivity contribution in [2.24, 2.45) is 40.4 Å². The molecule has 142 valence electrons. The van der Waals surface area contributed by atoms with Crippen molar-refractivity contribution in [1.29, 1.82) is 0 Å². The molecule has 2 nitrogen and oxygen atoms in total. The van der Waals surface area contributed by atoms with E-state index in [4.69, 9.17) is 0 Å². The van der Waals surface area contributed by atoms with Crippen molar-refractivity contribution in [3.8, 4) is 0 Å². The van der Waals surface area contributed by atoms with Gasteiger partial charge in [0.25, 0.3) is 0 Å². The van der Waals surface area contributed by atoms with Crippen molar-refractivity contribution in [2.75, 3.05) is 0 Å². The molecule has 3 heteroatoms. The van der Waals surface area contributed by atoms with Crippen LogP contribution in [0.25, 0.3) is 0 Å². The fourth-order valence-corrected chi connectivity index (χ4v) is 9.70. The summed E-state index contributed by atoms with van der Waals surface area (Å²) < 4.78 is 0. The van der Waals surface area contributed by atoms with Gasteiger partial charge < -0.3 is 10.2 Å². The fraction of sp³-hybridized carbons (Fsp3) is 1.00. The highest BCUT2D eigenvalue weighted by atomic mass is 79.9. The van der Waals surface area contributed by atoms with Gasteiger partial charge in [-0.3, -0.25) is 0 Å². The third kappa shape index (κ3) is 2.27. The Morgan fingerprint density at radius 1 is 0.800 bits per heavy atom. The van der Waals surface area contributed by atoms with Crippen LogP contribution < -0.4 is 0 Å². The summed E-state index contributed by atoms with van der Waals surface area (Å²) in [6.07, 6.45) is 13.6. The minimum Gasteiger partial charge on any atom is -0.393 e. The van der Waals surface area contributed by atoms with Crippen molar-refractivity contribution in [3.05, 3.63) is 0 Å². The zero-order valence-corrected chi connectivity index (χ0v) is 17.3. The minimum atomic E-state index is -0.126. The zero-order chi connectivity index (χ0) is 17.4. The van der Waals surface area contributed by atoms with Gasteiger partial charge >= 0.3 is 0 Å². The smallest absolute Gasteiger partial charge is 0.0726 e. The second-order valence-electron chi connectivity index (χ2n) is 10.5. The van der Waals surface area contributed by atoms with Crippen LogP contribution >= 0.6 is 15.9 Å². The Morgan fingerprint density at radius 2 is 1.56 bits per heavy atom. The molecule has 0 bridgehead atoms. The Hall–Kier alpha value is 0.400. The van der Waals surface area contributed by atoms with Crippen molar-refractivity contribution >= 4 is 15.9 Å². The normalized spacial score (nSPS) is 61.0. The summed E-state index contributed by atoms with van der Waals surface area (Å²) in [5.74, 6) is 3.96. The summed E-state index contributed by atoms with van der Waals surface area (Å²) in [6, 6.07) is 0. The van der Waals surface area contributed by atoms with E-state index in [2.05, 4.69) is 22.9 Å². The molecule has 0 radical (unpaired) electrons. The number of rotatable bonds is 0. The summed E-state index contributed by atoms with van der Waals surface area (Å²) in [4.78, 5) is 0.317. The first kappa shape index (κ1) is 17.5. The van der Waals surface area contributed by atoms with E-state index in [1.54, 1.807) is 0 Å². The fourth-order valence-electron chi connectivity index (χ4n) is 8.95. The molecule has 0 unspecified atom stereocenters. The standard InChI is InChI=1S/C22H35BrO2/c1-21-10-8-15(24)12-14(21)2-5-16-17(21)9-11-22-13(3-6-18(16)22)4-7-19(23)20(22)25/h13-20,24-25H,2-12H2,1H3/t13-,14-,15-,16-,17+,18+,19+,20-,21+,22-/m1/s1. The first-order chi connectivity index (χ1) is 12.0. The molecule has 0 aromatic carbocycles. The average molecular weight is 411 g/mol. The topological polar surface area (TPSA) is 40.5 Å². The molecule has 5 aliphatic rings. The quantitative estimate of drug-likeness (QED) is 0.557. The number of aliphatic hydroxyl groups excluding tert-OH is 2. The van der Waals surface area contributed by atoms with Crippen LogP contribution in [0, 0.1) is 40.4 Å². The second kappa shape index (κ2) is 5.95. The number of hydrogen-bond donors (Lipinski definition) is 2. The monoisotopic (exact) mass is 410 g/mol. The molecule has 25 heavy (non-hydrogen) atoms. The Kier molecular flexibility index (Phi) is 4.16. The van der Waals surface area contributed by atoms with Crippen LogP contribution in [0.15, 0.2) is 0 Å². The summed E-state index contributed by atoms with van der Waals surface area (Å²) >= 11 is 3.83. The molecule has 5 aliphatic carbocycles. The lowest BCUT2D eigenvalue weighted by Gasteiger charge is -2.63. The molecule has 0 saturated heterocycles. The number of fused-ring (bicyclic) bond motifs is 4. The number of hydrogen-bond acceptors (Lipinski definition) is 2. The van der Waals surface area contributed by atoms with Crippen molar-refractivity contribution in [1.82, 2.24) is 0 Å². The van der Waals surface area contributed by atoms with Gasteiger partial charge in [0.2, 0.25) is 0 Å². The minimum absolute atomic E-state index is 0.0465. The second-order valence-corrected chi connectivity index (χ2v) is 11.7. The molecule has 0 amide bonds. The van der Waals surface area contributed by atoms with Gasteiger partial charge in [0, 0.05) is 10.2 Å². The SMILES string of the molecule is C[C@]12CC[C@@H](O)C[C@H]1CC[C@@H]1[C@@H]2CC[C@]23[C@@H](CC[C@H](Br)[C@H]2O)CC[C@@H]13. The molecule has 5 saturated carbocycles. The van der Waals surface area contributed by atoms with E-state index in [-0.39, 0.29) is 17.6 Å². The zero-order valence-electron chi connectivity index (χ0n) is 15.7. The largest absolute Gasteiger partial charge is 0.393 e. The molecule has 10 atom stereocenters. The van der Waals surface area contributed by atoms with E-state index in [1.807, 2.05) is 0 Å². The van der Waals surface area contributed by atoms with Crippen LogP contribution in [-0.2, 0) is 0 Å². The van der Waals surface area contributed by atoms with Gasteiger partial charge in [-0.1, -0.05) is 22.9 Å². The Balaban J connectivity index is 1.47. The maximum Gasteiger partial charge on any atom is 0.0726 e. The predicted octanol–water partition coefficient (Wildman–Crippen LogP) is 4.90. The van der Waals surface area contributed by atoms with Gasteiger partial charge in [-0.2, -0.15) is 0 Å². The van der Waals surface area contributed by atoms with Gasteiger partial charge in [0.15, 0.2) is 0 Å². The number of halogens is 1. The van der Waals surface area contributed by atoms with Gasteiger partial charge in [0.05, 0.1) is 12.2 Å². The molecular formula is C22H35BrO2. The molecule has 0 aromatic rings. The van der Waals surface area contributed by atoms with E-state index in [9.17, 15) is 10.2 Å². The highest BCUT2D eigenvalue weighted by Gasteiger charge is 2.65. The van der Waals surface area contributed by atoms with E-state index < -0.39 is 0 Å². The van der Waals surface area contributed by atoms with Crippen molar-refractivity contribution in [2.45, 2.75) is 94.6 Å².